The summed E-state index contributed by atoms with van der Waals surface area (Å²) in [7, 11) is 0. The Bertz CT molecular complexity index is 288. The summed E-state index contributed by atoms with van der Waals surface area (Å²) in [6.07, 6.45) is 0. The molecule has 0 saturated heterocycles. The van der Waals surface area contributed by atoms with Gasteiger partial charge in [0.05, 0.1) is 0 Å². The van der Waals surface area contributed by atoms with Crippen molar-refractivity contribution in [3.8, 4) is 0 Å². The van der Waals surface area contributed by atoms with Gasteiger partial charge in [-0.3, -0.25) is 0 Å². The molecular weight excluding hydrogens is 208 g/mol. The quantitative estimate of drug-likeness (QED) is 0.703. The lowest BCUT2D eigenvalue weighted by Crippen LogP contribution is -2.11. The maximum Gasteiger partial charge on any atom is 0.0154 e. The van der Waals surface area contributed by atoms with Gasteiger partial charge in [0.2, 0.25) is 0 Å². The van der Waals surface area contributed by atoms with E-state index in [0.29, 0.717) is 0 Å². The highest BCUT2D eigenvalue weighted by molar-refractivity contribution is 7.79. The first-order valence-corrected chi connectivity index (χ1v) is 6.09. The Labute approximate surface area is 97.9 Å². The predicted molar refractivity (Wildman–Crippen MR) is 70.5 cm³/mol. The first-order chi connectivity index (χ1) is 6.47. The number of hydrogen-bond donors (Lipinski definition) is 2. The summed E-state index contributed by atoms with van der Waals surface area (Å²) >= 11 is 8.63. The Hall–Kier alpha value is -0.0800. The molecule has 0 aliphatic carbocycles. The van der Waals surface area contributed by atoms with Gasteiger partial charge >= 0.3 is 0 Å². The maximum atomic E-state index is 4.31. The van der Waals surface area contributed by atoms with E-state index in [2.05, 4.69) is 64.2 Å². The van der Waals surface area contributed by atoms with Gasteiger partial charge in [0.1, 0.15) is 0 Å². The largest absolute Gasteiger partial charge is 0.175 e. The fourth-order valence-electron chi connectivity index (χ4n) is 1.38. The van der Waals surface area contributed by atoms with Crippen molar-refractivity contribution in [2.24, 2.45) is 0 Å². The first-order valence-electron chi connectivity index (χ1n) is 4.82. The molecule has 0 bridgehead atoms. The third kappa shape index (κ3) is 2.96. The molecule has 1 aromatic rings. The summed E-state index contributed by atoms with van der Waals surface area (Å²) in [5, 5.41) is 0. The van der Waals surface area contributed by atoms with Crippen molar-refractivity contribution in [2.45, 2.75) is 37.7 Å². The highest BCUT2D eigenvalue weighted by Gasteiger charge is 2.14. The van der Waals surface area contributed by atoms with E-state index in [-0.39, 0.29) is 5.41 Å². The van der Waals surface area contributed by atoms with E-state index < -0.39 is 0 Å². The summed E-state index contributed by atoms with van der Waals surface area (Å²) in [5.41, 5.74) is 4.14. The van der Waals surface area contributed by atoms with E-state index in [1.165, 1.54) is 16.7 Å². The normalized spacial score (nSPS) is 11.8. The highest BCUT2D eigenvalue weighted by atomic mass is 32.1. The Kier molecular flexibility index (Phi) is 3.96. The van der Waals surface area contributed by atoms with Crippen LogP contribution in [0, 0.1) is 0 Å². The van der Waals surface area contributed by atoms with Crippen molar-refractivity contribution < 1.29 is 0 Å². The van der Waals surface area contributed by atoms with Gasteiger partial charge < -0.3 is 0 Å². The average molecular weight is 226 g/mol. The predicted octanol–water partition coefficient (Wildman–Crippen LogP) is 3.84. The van der Waals surface area contributed by atoms with Crippen molar-refractivity contribution >= 4 is 25.3 Å². The van der Waals surface area contributed by atoms with Gasteiger partial charge in [0.15, 0.2) is 0 Å². The van der Waals surface area contributed by atoms with Gasteiger partial charge in [0, 0.05) is 11.5 Å². The average Bonchev–Trinajstić information content (AvgIpc) is 2.15. The molecule has 0 amide bonds. The van der Waals surface area contributed by atoms with Gasteiger partial charge in [0.25, 0.3) is 0 Å². The smallest absolute Gasteiger partial charge is 0.0154 e. The van der Waals surface area contributed by atoms with Crippen molar-refractivity contribution in [3.05, 3.63) is 34.9 Å². The van der Waals surface area contributed by atoms with Gasteiger partial charge in [-0.15, -0.1) is 0 Å². The summed E-state index contributed by atoms with van der Waals surface area (Å²) < 4.78 is 0. The Morgan fingerprint density at radius 3 is 1.64 bits per heavy atom. The molecule has 1 rings (SSSR count). The molecule has 78 valence electrons. The Morgan fingerprint density at radius 2 is 1.36 bits per heavy atom. The topological polar surface area (TPSA) is 0 Å². The molecule has 2 heteroatoms. The number of rotatable bonds is 2. The molecule has 0 heterocycles. The molecule has 0 fully saturated rings. The zero-order valence-electron chi connectivity index (χ0n) is 9.04. The standard InChI is InChI=1S/C12H18S2/c1-12(2,3)11-5-9(7-13)4-10(6-11)8-14/h4-6,13-14H,7-8H2,1-3H3. The third-order valence-corrected chi connectivity index (χ3v) is 3.01. The fraction of sp³-hybridized carbons (Fsp3) is 0.500. The molecule has 0 nitrogen and oxygen atoms in total. The van der Waals surface area contributed by atoms with Crippen LogP contribution in [0.15, 0.2) is 18.2 Å². The van der Waals surface area contributed by atoms with E-state index in [1.807, 2.05) is 0 Å². The minimum atomic E-state index is 0.205. The number of hydrogen-bond acceptors (Lipinski definition) is 2. The van der Waals surface area contributed by atoms with Crippen LogP contribution in [0.2, 0.25) is 0 Å². The fourth-order valence-corrected chi connectivity index (χ4v) is 1.74. The molecule has 0 aliphatic heterocycles. The monoisotopic (exact) mass is 226 g/mol. The van der Waals surface area contributed by atoms with Crippen LogP contribution in [0.3, 0.4) is 0 Å². The Morgan fingerprint density at radius 1 is 0.929 bits per heavy atom. The molecule has 0 saturated carbocycles. The van der Waals surface area contributed by atoms with Crippen LogP contribution in [0.25, 0.3) is 0 Å². The van der Waals surface area contributed by atoms with Crippen LogP contribution in [0.5, 0.6) is 0 Å². The Balaban J connectivity index is 3.17. The summed E-state index contributed by atoms with van der Waals surface area (Å²) in [6, 6.07) is 6.65. The van der Waals surface area contributed by atoms with E-state index in [4.69, 9.17) is 0 Å². The molecule has 0 unspecified atom stereocenters. The van der Waals surface area contributed by atoms with Crippen LogP contribution in [0.4, 0.5) is 0 Å². The zero-order valence-corrected chi connectivity index (χ0v) is 10.8. The summed E-state index contributed by atoms with van der Waals surface area (Å²) in [6.45, 7) is 6.69. The van der Waals surface area contributed by atoms with E-state index in [0.717, 1.165) is 11.5 Å². The SMILES string of the molecule is CC(C)(C)c1cc(CS)cc(CS)c1. The van der Waals surface area contributed by atoms with Gasteiger partial charge in [-0.25, -0.2) is 0 Å². The third-order valence-electron chi connectivity index (χ3n) is 2.28. The second-order valence-electron chi connectivity index (χ2n) is 4.60. The van der Waals surface area contributed by atoms with E-state index >= 15 is 0 Å². The highest BCUT2D eigenvalue weighted by Crippen LogP contribution is 2.25. The van der Waals surface area contributed by atoms with Crippen molar-refractivity contribution in [1.82, 2.24) is 0 Å². The van der Waals surface area contributed by atoms with Crippen molar-refractivity contribution in [2.75, 3.05) is 0 Å². The molecule has 0 aromatic heterocycles. The molecular formula is C12H18S2. The maximum absolute atomic E-state index is 4.31. The summed E-state index contributed by atoms with van der Waals surface area (Å²) in [5.74, 6) is 1.59. The first kappa shape index (κ1) is 12.0. The number of benzene rings is 1. The molecule has 0 radical (unpaired) electrons. The zero-order chi connectivity index (χ0) is 10.8. The van der Waals surface area contributed by atoms with Crippen LogP contribution >= 0.6 is 25.3 Å². The van der Waals surface area contributed by atoms with Crippen LogP contribution in [-0.4, -0.2) is 0 Å². The van der Waals surface area contributed by atoms with Gasteiger partial charge in [-0.1, -0.05) is 39.0 Å². The van der Waals surface area contributed by atoms with Crippen LogP contribution < -0.4 is 0 Å². The van der Waals surface area contributed by atoms with Crippen molar-refractivity contribution in [1.29, 1.82) is 0 Å². The van der Waals surface area contributed by atoms with Crippen LogP contribution in [0.1, 0.15) is 37.5 Å². The second kappa shape index (κ2) is 4.63. The minimum Gasteiger partial charge on any atom is -0.175 e. The van der Waals surface area contributed by atoms with Crippen LogP contribution in [-0.2, 0) is 16.9 Å². The lowest BCUT2D eigenvalue weighted by molar-refractivity contribution is 0.589. The van der Waals surface area contributed by atoms with E-state index in [9.17, 15) is 0 Å². The molecule has 14 heavy (non-hydrogen) atoms. The molecule has 0 spiro atoms. The lowest BCUT2D eigenvalue weighted by Gasteiger charge is -2.20. The molecule has 0 atom stereocenters. The van der Waals surface area contributed by atoms with Gasteiger partial charge in [-0.05, 0) is 22.1 Å². The molecule has 1 aromatic carbocycles. The molecule has 0 aliphatic rings. The van der Waals surface area contributed by atoms with E-state index in [1.54, 1.807) is 0 Å². The minimum absolute atomic E-state index is 0.205. The van der Waals surface area contributed by atoms with Crippen molar-refractivity contribution in [3.63, 3.8) is 0 Å². The van der Waals surface area contributed by atoms with Gasteiger partial charge in [-0.2, -0.15) is 25.3 Å². The number of thiol groups is 2. The summed E-state index contributed by atoms with van der Waals surface area (Å²) in [4.78, 5) is 0. The second-order valence-corrected chi connectivity index (χ2v) is 5.24. The lowest BCUT2D eigenvalue weighted by atomic mass is 9.85. The molecule has 0 N–H and O–H groups in total.